The van der Waals surface area contributed by atoms with Crippen LogP contribution in [-0.4, -0.2) is 44.4 Å². The molecule has 25 heavy (non-hydrogen) atoms. The molecule has 0 aliphatic carbocycles. The molecule has 0 saturated carbocycles. The molecule has 4 rings (SSSR count). The second-order valence-corrected chi connectivity index (χ2v) is 6.78. The number of thiazole rings is 1. The summed E-state index contributed by atoms with van der Waals surface area (Å²) in [6, 6.07) is 6.77. The van der Waals surface area contributed by atoms with Crippen LogP contribution in [0.4, 0.5) is 4.39 Å². The number of rotatable bonds is 4. The first kappa shape index (κ1) is 16.3. The van der Waals surface area contributed by atoms with Gasteiger partial charge in [0.15, 0.2) is 0 Å². The highest BCUT2D eigenvalue weighted by molar-refractivity contribution is 7.13. The minimum Gasteiger partial charge on any atom is -0.378 e. The third kappa shape index (κ3) is 3.33. The first-order valence-corrected chi connectivity index (χ1v) is 8.95. The Morgan fingerprint density at radius 3 is 3.04 bits per heavy atom. The van der Waals surface area contributed by atoms with Crippen molar-refractivity contribution in [1.29, 1.82) is 0 Å². The van der Waals surface area contributed by atoms with Crippen LogP contribution < -0.4 is 0 Å². The molecule has 1 aromatic carbocycles. The summed E-state index contributed by atoms with van der Waals surface area (Å²) >= 11 is 1.47. The van der Waals surface area contributed by atoms with E-state index in [4.69, 9.17) is 4.74 Å². The zero-order valence-electron chi connectivity index (χ0n) is 13.8. The standard InChI is InChI=1S/C17H18FN5OS/c1-22-16(19-11-20-22)15-9-24-7-6-23(15)8-12-10-25-17(21-12)13-4-2-3-5-14(13)18/h2-5,10-11,15H,6-9H2,1H3. The summed E-state index contributed by atoms with van der Waals surface area (Å²) in [6.45, 7) is 2.73. The largest absolute Gasteiger partial charge is 0.378 e. The Kier molecular flexibility index (Phi) is 4.56. The normalized spacial score (nSPS) is 18.6. The minimum absolute atomic E-state index is 0.0415. The maximum absolute atomic E-state index is 14.0. The van der Waals surface area contributed by atoms with E-state index in [0.717, 1.165) is 18.1 Å². The van der Waals surface area contributed by atoms with E-state index in [0.29, 0.717) is 30.3 Å². The van der Waals surface area contributed by atoms with Gasteiger partial charge in [0.05, 0.1) is 24.9 Å². The Balaban J connectivity index is 1.55. The van der Waals surface area contributed by atoms with Crippen LogP contribution in [0.5, 0.6) is 0 Å². The van der Waals surface area contributed by atoms with Crippen LogP contribution in [-0.2, 0) is 18.3 Å². The van der Waals surface area contributed by atoms with Crippen LogP contribution in [0.1, 0.15) is 17.6 Å². The molecule has 1 aliphatic rings. The maximum atomic E-state index is 14.0. The van der Waals surface area contributed by atoms with Gasteiger partial charge >= 0.3 is 0 Å². The average molecular weight is 359 g/mol. The van der Waals surface area contributed by atoms with E-state index >= 15 is 0 Å². The molecule has 2 aromatic heterocycles. The van der Waals surface area contributed by atoms with Crippen LogP contribution in [0.15, 0.2) is 36.0 Å². The molecule has 130 valence electrons. The molecule has 1 fully saturated rings. The maximum Gasteiger partial charge on any atom is 0.146 e. The molecule has 0 bridgehead atoms. The molecule has 0 radical (unpaired) electrons. The molecular weight excluding hydrogens is 341 g/mol. The second-order valence-electron chi connectivity index (χ2n) is 5.93. The zero-order chi connectivity index (χ0) is 17.2. The van der Waals surface area contributed by atoms with Crippen molar-refractivity contribution in [3.63, 3.8) is 0 Å². The number of nitrogens with zero attached hydrogens (tertiary/aromatic N) is 5. The molecule has 0 spiro atoms. The summed E-state index contributed by atoms with van der Waals surface area (Å²) in [5.41, 5.74) is 1.47. The van der Waals surface area contributed by atoms with E-state index in [1.54, 1.807) is 23.1 Å². The topological polar surface area (TPSA) is 56.1 Å². The highest BCUT2D eigenvalue weighted by atomic mass is 32.1. The van der Waals surface area contributed by atoms with Gasteiger partial charge in [-0.3, -0.25) is 9.58 Å². The fourth-order valence-electron chi connectivity index (χ4n) is 3.02. The summed E-state index contributed by atoms with van der Waals surface area (Å²) in [5.74, 6) is 0.635. The van der Waals surface area contributed by atoms with Gasteiger partial charge in [0.25, 0.3) is 0 Å². The quantitative estimate of drug-likeness (QED) is 0.717. The Hall–Kier alpha value is -2.16. The summed E-state index contributed by atoms with van der Waals surface area (Å²) in [6.07, 6.45) is 1.56. The molecule has 8 heteroatoms. The van der Waals surface area contributed by atoms with Crippen LogP contribution in [0, 0.1) is 5.82 Å². The van der Waals surface area contributed by atoms with Gasteiger partial charge in [0.1, 0.15) is 23.0 Å². The van der Waals surface area contributed by atoms with Gasteiger partial charge in [0.2, 0.25) is 0 Å². The Morgan fingerprint density at radius 2 is 2.24 bits per heavy atom. The molecule has 1 unspecified atom stereocenters. The monoisotopic (exact) mass is 359 g/mol. The number of ether oxygens (including phenoxy) is 1. The Morgan fingerprint density at radius 1 is 1.36 bits per heavy atom. The van der Waals surface area contributed by atoms with Gasteiger partial charge in [-0.25, -0.2) is 14.4 Å². The van der Waals surface area contributed by atoms with Gasteiger partial charge in [-0.1, -0.05) is 12.1 Å². The van der Waals surface area contributed by atoms with Crippen LogP contribution in [0.25, 0.3) is 10.6 Å². The van der Waals surface area contributed by atoms with Crippen molar-refractivity contribution in [2.24, 2.45) is 7.05 Å². The fourth-order valence-corrected chi connectivity index (χ4v) is 3.86. The fraction of sp³-hybridized carbons (Fsp3) is 0.353. The predicted octanol–water partition coefficient (Wildman–Crippen LogP) is 2.65. The molecular formula is C17H18FN5OS. The summed E-state index contributed by atoms with van der Waals surface area (Å²) in [7, 11) is 1.88. The molecule has 3 heterocycles. The first-order valence-electron chi connectivity index (χ1n) is 8.07. The second kappa shape index (κ2) is 6.99. The van der Waals surface area contributed by atoms with E-state index in [-0.39, 0.29) is 11.9 Å². The van der Waals surface area contributed by atoms with Gasteiger partial charge in [-0.05, 0) is 12.1 Å². The van der Waals surface area contributed by atoms with Crippen molar-refractivity contribution in [3.05, 3.63) is 53.3 Å². The van der Waals surface area contributed by atoms with E-state index in [9.17, 15) is 4.39 Å². The van der Waals surface area contributed by atoms with Crippen molar-refractivity contribution < 1.29 is 9.13 Å². The minimum atomic E-state index is -0.244. The lowest BCUT2D eigenvalue weighted by Crippen LogP contribution is -2.40. The summed E-state index contributed by atoms with van der Waals surface area (Å²) < 4.78 is 21.4. The molecule has 3 aromatic rings. The van der Waals surface area contributed by atoms with Gasteiger partial charge < -0.3 is 4.74 Å². The van der Waals surface area contributed by atoms with Crippen molar-refractivity contribution in [1.82, 2.24) is 24.6 Å². The van der Waals surface area contributed by atoms with Gasteiger partial charge in [0, 0.05) is 31.1 Å². The summed E-state index contributed by atoms with van der Waals surface area (Å²) in [5, 5.41) is 6.85. The van der Waals surface area contributed by atoms with Gasteiger partial charge in [-0.2, -0.15) is 5.10 Å². The van der Waals surface area contributed by atoms with E-state index in [1.807, 2.05) is 18.5 Å². The number of morpholine rings is 1. The van der Waals surface area contributed by atoms with Crippen LogP contribution in [0.2, 0.25) is 0 Å². The lowest BCUT2D eigenvalue weighted by Gasteiger charge is -2.34. The highest BCUT2D eigenvalue weighted by Gasteiger charge is 2.28. The smallest absolute Gasteiger partial charge is 0.146 e. The SMILES string of the molecule is Cn1ncnc1C1COCCN1Cc1csc(-c2ccccc2F)n1. The number of halogens is 1. The number of hydrogen-bond acceptors (Lipinski definition) is 6. The predicted molar refractivity (Wildman–Crippen MR) is 92.5 cm³/mol. The third-order valence-electron chi connectivity index (χ3n) is 4.30. The van der Waals surface area contributed by atoms with Crippen molar-refractivity contribution >= 4 is 11.3 Å². The highest BCUT2D eigenvalue weighted by Crippen LogP contribution is 2.29. The molecule has 1 atom stereocenters. The molecule has 1 aliphatic heterocycles. The molecule has 0 N–H and O–H groups in total. The number of aromatic nitrogens is 4. The van der Waals surface area contributed by atoms with E-state index < -0.39 is 0 Å². The Bertz CT molecular complexity index is 864. The van der Waals surface area contributed by atoms with E-state index in [1.165, 1.54) is 17.4 Å². The van der Waals surface area contributed by atoms with Crippen molar-refractivity contribution in [2.75, 3.05) is 19.8 Å². The summed E-state index contributed by atoms with van der Waals surface area (Å²) in [4.78, 5) is 11.3. The molecule has 0 amide bonds. The number of aryl methyl sites for hydroxylation is 1. The molecule has 6 nitrogen and oxygen atoms in total. The first-order chi connectivity index (χ1) is 12.2. The van der Waals surface area contributed by atoms with Crippen molar-refractivity contribution in [3.8, 4) is 10.6 Å². The van der Waals surface area contributed by atoms with Crippen LogP contribution in [0.3, 0.4) is 0 Å². The average Bonchev–Trinajstić information content (AvgIpc) is 3.25. The lowest BCUT2D eigenvalue weighted by molar-refractivity contribution is -0.0176. The van der Waals surface area contributed by atoms with Crippen molar-refractivity contribution in [2.45, 2.75) is 12.6 Å². The number of benzene rings is 1. The lowest BCUT2D eigenvalue weighted by atomic mass is 10.2. The van der Waals surface area contributed by atoms with Crippen LogP contribution >= 0.6 is 11.3 Å². The zero-order valence-corrected chi connectivity index (χ0v) is 14.6. The Labute approximate surface area is 148 Å². The molecule has 1 saturated heterocycles. The number of hydrogen-bond donors (Lipinski definition) is 0. The third-order valence-corrected chi connectivity index (χ3v) is 5.23. The van der Waals surface area contributed by atoms with E-state index in [2.05, 4.69) is 20.0 Å². The van der Waals surface area contributed by atoms with Gasteiger partial charge in [-0.15, -0.1) is 11.3 Å².